The summed E-state index contributed by atoms with van der Waals surface area (Å²) in [6.07, 6.45) is 3.66. The van der Waals surface area contributed by atoms with E-state index in [4.69, 9.17) is 23.2 Å². The molecule has 108 valence electrons. The van der Waals surface area contributed by atoms with Crippen molar-refractivity contribution in [1.29, 1.82) is 0 Å². The smallest absolute Gasteiger partial charge is 0.259 e. The van der Waals surface area contributed by atoms with E-state index >= 15 is 0 Å². The summed E-state index contributed by atoms with van der Waals surface area (Å²) in [7, 11) is 0. The number of amides is 1. The molecule has 0 spiro atoms. The molecule has 0 unspecified atom stereocenters. The van der Waals surface area contributed by atoms with Crippen LogP contribution < -0.4 is 10.6 Å². The molecule has 8 heteroatoms. The summed E-state index contributed by atoms with van der Waals surface area (Å²) in [5, 5.41) is 13.9. The molecule has 0 saturated heterocycles. The Hall–Kier alpha value is -1.92. The van der Waals surface area contributed by atoms with E-state index in [-0.39, 0.29) is 16.2 Å². The Bertz CT molecular complexity index is 690. The molecule has 0 radical (unpaired) electrons. The minimum Gasteiger partial charge on any atom is -0.365 e. The molecular formula is C13H11Cl2N5O. The number of nitrogens with zero attached hydrogens (tertiary/aromatic N) is 3. The van der Waals surface area contributed by atoms with Gasteiger partial charge in [-0.1, -0.05) is 23.2 Å². The topological polar surface area (TPSA) is 79.8 Å². The van der Waals surface area contributed by atoms with Crippen LogP contribution in [0.3, 0.4) is 0 Å². The highest BCUT2D eigenvalue weighted by atomic mass is 35.5. The molecule has 0 atom stereocenters. The fourth-order valence-electron chi connectivity index (χ4n) is 1.74. The average Bonchev–Trinajstić information content (AvgIpc) is 3.27. The van der Waals surface area contributed by atoms with Gasteiger partial charge in [-0.05, 0) is 31.0 Å². The fraction of sp³-hybridized carbons (Fsp3) is 0.231. The number of halogens is 2. The van der Waals surface area contributed by atoms with Crippen LogP contribution in [0.2, 0.25) is 10.3 Å². The summed E-state index contributed by atoms with van der Waals surface area (Å²) in [6.45, 7) is 0. The van der Waals surface area contributed by atoms with Crippen LogP contribution in [-0.2, 0) is 0 Å². The van der Waals surface area contributed by atoms with Crippen LogP contribution in [0, 0.1) is 0 Å². The highest BCUT2D eigenvalue weighted by Gasteiger charge is 2.25. The molecule has 1 aliphatic rings. The van der Waals surface area contributed by atoms with Crippen molar-refractivity contribution in [3.63, 3.8) is 0 Å². The van der Waals surface area contributed by atoms with Crippen molar-refractivity contribution in [3.05, 3.63) is 40.3 Å². The van der Waals surface area contributed by atoms with Crippen molar-refractivity contribution in [2.24, 2.45) is 0 Å². The van der Waals surface area contributed by atoms with Crippen molar-refractivity contribution in [1.82, 2.24) is 15.2 Å². The van der Waals surface area contributed by atoms with Crippen molar-refractivity contribution in [3.8, 4) is 0 Å². The van der Waals surface area contributed by atoms with Crippen LogP contribution in [0.1, 0.15) is 23.2 Å². The first kappa shape index (κ1) is 14.0. The van der Waals surface area contributed by atoms with E-state index < -0.39 is 0 Å². The normalized spacial score (nSPS) is 13.8. The maximum absolute atomic E-state index is 12.4. The summed E-state index contributed by atoms with van der Waals surface area (Å²) in [5.41, 5.74) is 0.747. The van der Waals surface area contributed by atoms with Gasteiger partial charge in [0.1, 0.15) is 0 Å². The van der Waals surface area contributed by atoms with Gasteiger partial charge in [0.05, 0.1) is 11.3 Å². The molecule has 1 saturated carbocycles. The highest BCUT2D eigenvalue weighted by Crippen LogP contribution is 2.27. The fourth-order valence-corrected chi connectivity index (χ4v) is 2.05. The molecule has 2 aromatic rings. The minimum atomic E-state index is -0.371. The number of anilines is 2. The van der Waals surface area contributed by atoms with Gasteiger partial charge in [0.15, 0.2) is 16.1 Å². The lowest BCUT2D eigenvalue weighted by Crippen LogP contribution is -2.17. The molecule has 6 nitrogen and oxygen atoms in total. The minimum absolute atomic E-state index is 0.152. The molecule has 1 amide bonds. The van der Waals surface area contributed by atoms with Crippen LogP contribution in [-0.4, -0.2) is 27.1 Å². The zero-order chi connectivity index (χ0) is 14.8. The van der Waals surface area contributed by atoms with Gasteiger partial charge in [-0.15, -0.1) is 10.2 Å². The lowest BCUT2D eigenvalue weighted by atomic mass is 10.2. The van der Waals surface area contributed by atoms with Crippen LogP contribution in [0.15, 0.2) is 24.4 Å². The first-order valence-electron chi connectivity index (χ1n) is 6.35. The van der Waals surface area contributed by atoms with E-state index in [1.165, 1.54) is 6.07 Å². The van der Waals surface area contributed by atoms with Crippen molar-refractivity contribution in [2.45, 2.75) is 18.9 Å². The molecule has 21 heavy (non-hydrogen) atoms. The zero-order valence-electron chi connectivity index (χ0n) is 10.8. The number of nitrogens with one attached hydrogen (secondary N) is 2. The van der Waals surface area contributed by atoms with E-state index in [1.807, 2.05) is 0 Å². The Balaban J connectivity index is 1.86. The van der Waals surface area contributed by atoms with E-state index in [9.17, 15) is 4.79 Å². The molecule has 0 aliphatic heterocycles. The molecule has 2 heterocycles. The summed E-state index contributed by atoms with van der Waals surface area (Å²) in [5.74, 6) is 0.0456. The largest absolute Gasteiger partial charge is 0.365 e. The van der Waals surface area contributed by atoms with Gasteiger partial charge in [0, 0.05) is 12.2 Å². The predicted molar refractivity (Wildman–Crippen MR) is 80.9 cm³/mol. The van der Waals surface area contributed by atoms with Crippen LogP contribution in [0.25, 0.3) is 0 Å². The number of rotatable bonds is 4. The molecule has 1 fully saturated rings. The Morgan fingerprint density at radius 2 is 2.10 bits per heavy atom. The third-order valence-electron chi connectivity index (χ3n) is 2.93. The molecule has 0 aromatic carbocycles. The lowest BCUT2D eigenvalue weighted by Gasteiger charge is -2.10. The van der Waals surface area contributed by atoms with Gasteiger partial charge in [-0.2, -0.15) is 0 Å². The summed E-state index contributed by atoms with van der Waals surface area (Å²) >= 11 is 11.8. The summed E-state index contributed by atoms with van der Waals surface area (Å²) in [4.78, 5) is 16.3. The van der Waals surface area contributed by atoms with Crippen LogP contribution >= 0.6 is 23.2 Å². The number of carbonyl (C=O) groups excluding carboxylic acids is 1. The quantitative estimate of drug-likeness (QED) is 0.845. The van der Waals surface area contributed by atoms with Gasteiger partial charge in [-0.3, -0.25) is 4.79 Å². The van der Waals surface area contributed by atoms with Crippen LogP contribution in [0.5, 0.6) is 0 Å². The van der Waals surface area contributed by atoms with Gasteiger partial charge in [0.2, 0.25) is 0 Å². The summed E-state index contributed by atoms with van der Waals surface area (Å²) in [6, 6.07) is 5.16. The standard InChI is InChI=1S/C13H11Cl2N5O/c14-10-6-8(12(20-19-10)17-7-3-4-7)13(21)18-9-2-1-5-16-11(9)15/h1-2,5-7H,3-4H2,(H,17,20)(H,18,21). The molecule has 1 aliphatic carbocycles. The SMILES string of the molecule is O=C(Nc1cccnc1Cl)c1cc(Cl)nnc1NC1CC1. The predicted octanol–water partition coefficient (Wildman–Crippen LogP) is 3.01. The molecule has 2 aromatic heterocycles. The van der Waals surface area contributed by atoms with Gasteiger partial charge >= 0.3 is 0 Å². The molecule has 3 rings (SSSR count). The zero-order valence-corrected chi connectivity index (χ0v) is 12.3. The molecular weight excluding hydrogens is 313 g/mol. The third kappa shape index (κ3) is 3.40. The Morgan fingerprint density at radius 3 is 2.81 bits per heavy atom. The second-order valence-electron chi connectivity index (χ2n) is 4.64. The van der Waals surface area contributed by atoms with Gasteiger partial charge < -0.3 is 10.6 Å². The van der Waals surface area contributed by atoms with Gasteiger partial charge in [0.25, 0.3) is 5.91 Å². The van der Waals surface area contributed by atoms with E-state index in [1.54, 1.807) is 18.3 Å². The Morgan fingerprint density at radius 1 is 1.29 bits per heavy atom. The number of hydrogen-bond donors (Lipinski definition) is 2. The second-order valence-corrected chi connectivity index (χ2v) is 5.39. The third-order valence-corrected chi connectivity index (χ3v) is 3.42. The number of aromatic nitrogens is 3. The van der Waals surface area contributed by atoms with Crippen molar-refractivity contribution >= 4 is 40.6 Å². The Labute approximate surface area is 130 Å². The number of pyridine rings is 1. The number of carbonyl (C=O) groups is 1. The van der Waals surface area contributed by atoms with E-state index in [0.29, 0.717) is 23.1 Å². The number of hydrogen-bond acceptors (Lipinski definition) is 5. The lowest BCUT2D eigenvalue weighted by molar-refractivity contribution is 0.102. The van der Waals surface area contributed by atoms with Crippen LogP contribution in [0.4, 0.5) is 11.5 Å². The van der Waals surface area contributed by atoms with Crippen molar-refractivity contribution < 1.29 is 4.79 Å². The summed E-state index contributed by atoms with van der Waals surface area (Å²) < 4.78 is 0. The molecule has 0 bridgehead atoms. The van der Waals surface area contributed by atoms with Crippen molar-refractivity contribution in [2.75, 3.05) is 10.6 Å². The maximum Gasteiger partial charge on any atom is 0.259 e. The Kier molecular flexibility index (Phi) is 3.90. The maximum atomic E-state index is 12.4. The van der Waals surface area contributed by atoms with Gasteiger partial charge in [-0.25, -0.2) is 4.98 Å². The average molecular weight is 324 g/mol. The highest BCUT2D eigenvalue weighted by molar-refractivity contribution is 6.33. The van der Waals surface area contributed by atoms with E-state index in [2.05, 4.69) is 25.8 Å². The second kappa shape index (κ2) is 5.83. The molecule has 2 N–H and O–H groups in total. The van der Waals surface area contributed by atoms with E-state index in [0.717, 1.165) is 12.8 Å². The first-order valence-corrected chi connectivity index (χ1v) is 7.10. The monoisotopic (exact) mass is 323 g/mol. The first-order chi connectivity index (χ1) is 10.1.